The molecule has 0 saturated carbocycles. The number of aryl methyl sites for hydroxylation is 1. The van der Waals surface area contributed by atoms with Crippen molar-refractivity contribution in [2.45, 2.75) is 20.8 Å². The highest BCUT2D eigenvalue weighted by molar-refractivity contribution is 5.81. The fourth-order valence-corrected chi connectivity index (χ4v) is 2.73. The van der Waals surface area contributed by atoms with Crippen LogP contribution in [0.3, 0.4) is 0 Å². The predicted octanol–water partition coefficient (Wildman–Crippen LogP) is 2.11. The minimum atomic E-state index is 0.135. The Morgan fingerprint density at radius 1 is 1.27 bits per heavy atom. The van der Waals surface area contributed by atoms with E-state index in [4.69, 9.17) is 4.74 Å². The fraction of sp³-hybridized carbons (Fsp3) is 0.588. The topological polar surface area (TPSA) is 44.8 Å². The monoisotopic (exact) mass is 305 g/mol. The zero-order chi connectivity index (χ0) is 15.9. The van der Waals surface area contributed by atoms with E-state index in [-0.39, 0.29) is 5.91 Å². The normalized spacial score (nSPS) is 14.8. The third-order valence-corrected chi connectivity index (χ3v) is 4.13. The highest BCUT2D eigenvalue weighted by Gasteiger charge is 2.16. The molecule has 0 aliphatic carbocycles. The van der Waals surface area contributed by atoms with E-state index < -0.39 is 0 Å². The molecular formula is C17H27N3O2. The first-order chi connectivity index (χ1) is 10.7. The smallest absolute Gasteiger partial charge is 0.242 e. The maximum absolute atomic E-state index is 12.2. The number of ether oxygens (including phenoxy) is 1. The predicted molar refractivity (Wildman–Crippen MR) is 90.6 cm³/mol. The van der Waals surface area contributed by atoms with Crippen molar-refractivity contribution in [2.75, 3.05) is 56.2 Å². The molecule has 0 unspecified atom stereocenters. The summed E-state index contributed by atoms with van der Waals surface area (Å²) >= 11 is 0. The highest BCUT2D eigenvalue weighted by atomic mass is 16.5. The van der Waals surface area contributed by atoms with Crippen LogP contribution >= 0.6 is 0 Å². The molecule has 1 aliphatic rings. The van der Waals surface area contributed by atoms with Crippen LogP contribution in [0.4, 0.5) is 11.4 Å². The van der Waals surface area contributed by atoms with E-state index in [0.29, 0.717) is 32.8 Å². The summed E-state index contributed by atoms with van der Waals surface area (Å²) in [6.07, 6.45) is 0. The maximum Gasteiger partial charge on any atom is 0.242 e. The Labute approximate surface area is 133 Å². The van der Waals surface area contributed by atoms with Crippen LogP contribution < -0.4 is 10.2 Å². The summed E-state index contributed by atoms with van der Waals surface area (Å²) < 4.78 is 5.27. The Kier molecular flexibility index (Phi) is 6.07. The van der Waals surface area contributed by atoms with Gasteiger partial charge in [0.1, 0.15) is 0 Å². The van der Waals surface area contributed by atoms with Gasteiger partial charge in [-0.2, -0.15) is 0 Å². The van der Waals surface area contributed by atoms with Crippen molar-refractivity contribution < 1.29 is 9.53 Å². The number of carbonyl (C=O) groups excluding carboxylic acids is 1. The van der Waals surface area contributed by atoms with Crippen LogP contribution in [0.5, 0.6) is 0 Å². The Bertz CT molecular complexity index is 495. The molecule has 5 heteroatoms. The summed E-state index contributed by atoms with van der Waals surface area (Å²) in [6, 6.07) is 6.35. The van der Waals surface area contributed by atoms with Crippen molar-refractivity contribution in [3.05, 3.63) is 23.8 Å². The van der Waals surface area contributed by atoms with Gasteiger partial charge in [-0.05, 0) is 44.5 Å². The molecule has 5 nitrogen and oxygen atoms in total. The Morgan fingerprint density at radius 3 is 2.55 bits per heavy atom. The molecule has 0 atom stereocenters. The molecule has 0 aromatic heterocycles. The second-order valence-corrected chi connectivity index (χ2v) is 5.52. The van der Waals surface area contributed by atoms with E-state index in [2.05, 4.69) is 49.2 Å². The largest absolute Gasteiger partial charge is 0.378 e. The molecule has 1 saturated heterocycles. The van der Waals surface area contributed by atoms with Crippen molar-refractivity contribution in [3.63, 3.8) is 0 Å². The van der Waals surface area contributed by atoms with E-state index in [1.807, 2.05) is 4.90 Å². The lowest BCUT2D eigenvalue weighted by molar-refractivity contribution is -0.133. The summed E-state index contributed by atoms with van der Waals surface area (Å²) in [6.45, 7) is 11.4. The highest BCUT2D eigenvalue weighted by Crippen LogP contribution is 2.22. The summed E-state index contributed by atoms with van der Waals surface area (Å²) in [4.78, 5) is 16.3. The fourth-order valence-electron chi connectivity index (χ4n) is 2.73. The lowest BCUT2D eigenvalue weighted by Crippen LogP contribution is -2.43. The second kappa shape index (κ2) is 8.03. The van der Waals surface area contributed by atoms with Crippen LogP contribution in [0.1, 0.15) is 19.4 Å². The second-order valence-electron chi connectivity index (χ2n) is 5.52. The molecule has 22 heavy (non-hydrogen) atoms. The zero-order valence-electron chi connectivity index (χ0n) is 13.9. The van der Waals surface area contributed by atoms with Gasteiger partial charge in [0.25, 0.3) is 0 Å². The van der Waals surface area contributed by atoms with Crippen LogP contribution in [-0.2, 0) is 9.53 Å². The number of anilines is 2. The summed E-state index contributed by atoms with van der Waals surface area (Å²) in [5.41, 5.74) is 3.42. The van der Waals surface area contributed by atoms with Gasteiger partial charge in [-0.1, -0.05) is 0 Å². The summed E-state index contributed by atoms with van der Waals surface area (Å²) in [5, 5.41) is 3.26. The molecule has 1 aliphatic heterocycles. The molecule has 1 aromatic rings. The number of carbonyl (C=O) groups is 1. The van der Waals surface area contributed by atoms with Crippen LogP contribution in [0.25, 0.3) is 0 Å². The van der Waals surface area contributed by atoms with E-state index in [9.17, 15) is 4.79 Å². The molecule has 1 fully saturated rings. The van der Waals surface area contributed by atoms with E-state index >= 15 is 0 Å². The SMILES string of the molecule is CCN(CC)c1ccc(NCC(=O)N2CCOCC2)c(C)c1. The van der Waals surface area contributed by atoms with Gasteiger partial charge in [0.15, 0.2) is 0 Å². The molecule has 0 spiro atoms. The average molecular weight is 305 g/mol. The van der Waals surface area contributed by atoms with Crippen molar-refractivity contribution in [1.82, 2.24) is 4.90 Å². The standard InChI is InChI=1S/C17H27N3O2/c1-4-19(5-2)15-6-7-16(14(3)12-15)18-13-17(21)20-8-10-22-11-9-20/h6-7,12,18H,4-5,8-11,13H2,1-3H3. The molecule has 122 valence electrons. The van der Waals surface area contributed by atoms with Gasteiger partial charge in [0.2, 0.25) is 5.91 Å². The molecule has 1 heterocycles. The molecule has 0 bridgehead atoms. The van der Waals surface area contributed by atoms with E-state index in [1.54, 1.807) is 0 Å². The molecule has 0 radical (unpaired) electrons. The molecule has 1 amide bonds. The van der Waals surface area contributed by atoms with Crippen molar-refractivity contribution in [2.24, 2.45) is 0 Å². The van der Waals surface area contributed by atoms with Gasteiger partial charge in [0, 0.05) is 37.6 Å². The number of nitrogens with one attached hydrogen (secondary N) is 1. The minimum absolute atomic E-state index is 0.135. The number of benzene rings is 1. The third-order valence-electron chi connectivity index (χ3n) is 4.13. The average Bonchev–Trinajstić information content (AvgIpc) is 2.55. The number of nitrogens with zero attached hydrogens (tertiary/aromatic N) is 2. The van der Waals surface area contributed by atoms with Crippen LogP contribution in [-0.4, -0.2) is 56.7 Å². The van der Waals surface area contributed by atoms with Gasteiger partial charge in [-0.25, -0.2) is 0 Å². The van der Waals surface area contributed by atoms with Gasteiger partial charge < -0.3 is 19.9 Å². The van der Waals surface area contributed by atoms with Crippen LogP contribution in [0.15, 0.2) is 18.2 Å². The molecular weight excluding hydrogens is 278 g/mol. The minimum Gasteiger partial charge on any atom is -0.378 e. The van der Waals surface area contributed by atoms with Gasteiger partial charge in [-0.3, -0.25) is 4.79 Å². The number of rotatable bonds is 6. The lowest BCUT2D eigenvalue weighted by atomic mass is 10.1. The summed E-state index contributed by atoms with van der Waals surface area (Å²) in [5.74, 6) is 0.135. The Hall–Kier alpha value is -1.75. The Morgan fingerprint density at radius 2 is 1.95 bits per heavy atom. The molecule has 2 rings (SSSR count). The van der Waals surface area contributed by atoms with E-state index in [0.717, 1.165) is 18.8 Å². The third kappa shape index (κ3) is 4.13. The maximum atomic E-state index is 12.2. The summed E-state index contributed by atoms with van der Waals surface area (Å²) in [7, 11) is 0. The van der Waals surface area contributed by atoms with Gasteiger partial charge in [-0.15, -0.1) is 0 Å². The number of hydrogen-bond acceptors (Lipinski definition) is 4. The van der Waals surface area contributed by atoms with Gasteiger partial charge >= 0.3 is 0 Å². The molecule has 1 N–H and O–H groups in total. The Balaban J connectivity index is 1.93. The van der Waals surface area contributed by atoms with Crippen LogP contribution in [0, 0.1) is 6.92 Å². The van der Waals surface area contributed by atoms with Crippen LogP contribution in [0.2, 0.25) is 0 Å². The number of hydrogen-bond donors (Lipinski definition) is 1. The van der Waals surface area contributed by atoms with Crippen molar-refractivity contribution >= 4 is 17.3 Å². The first-order valence-electron chi connectivity index (χ1n) is 8.10. The van der Waals surface area contributed by atoms with Crippen molar-refractivity contribution in [1.29, 1.82) is 0 Å². The quantitative estimate of drug-likeness (QED) is 0.874. The molecule has 1 aromatic carbocycles. The van der Waals surface area contributed by atoms with E-state index in [1.165, 1.54) is 11.3 Å². The number of morpholine rings is 1. The first kappa shape index (κ1) is 16.6. The van der Waals surface area contributed by atoms with Crippen molar-refractivity contribution in [3.8, 4) is 0 Å². The number of amides is 1. The lowest BCUT2D eigenvalue weighted by Gasteiger charge is -2.27. The zero-order valence-corrected chi connectivity index (χ0v) is 13.9. The van der Waals surface area contributed by atoms with Gasteiger partial charge in [0.05, 0.1) is 19.8 Å². The first-order valence-corrected chi connectivity index (χ1v) is 8.10.